The number of aliphatic carboxylic acids is 1. The number of aliphatic hydroxyl groups is 1. The van der Waals surface area contributed by atoms with Crippen molar-refractivity contribution in [3.63, 3.8) is 0 Å². The van der Waals surface area contributed by atoms with Crippen molar-refractivity contribution in [2.45, 2.75) is 37.9 Å². The smallest absolute Gasteiger partial charge is 0.332 e. The maximum atomic E-state index is 11.9. The lowest BCUT2D eigenvalue weighted by atomic mass is 9.95. The molecule has 1 aliphatic heterocycles. The summed E-state index contributed by atoms with van der Waals surface area (Å²) in [5.74, 6) is -1.28. The van der Waals surface area contributed by atoms with Gasteiger partial charge in [-0.15, -0.1) is 0 Å². The molecule has 2 amide bonds. The normalized spacial score (nSPS) is 24.9. The molecule has 3 N–H and O–H groups in total. The monoisotopic (exact) mass is 274 g/mol. The van der Waals surface area contributed by atoms with Crippen LogP contribution in [0.4, 0.5) is 4.79 Å². The molecule has 1 heterocycles. The van der Waals surface area contributed by atoms with E-state index in [0.29, 0.717) is 13.1 Å². The second-order valence-electron chi connectivity index (χ2n) is 5.05. The molecule has 0 spiro atoms. The molecule has 1 fully saturated rings. The number of ether oxygens (including phenoxy) is 1. The Morgan fingerprint density at radius 1 is 1.53 bits per heavy atom. The average Bonchev–Trinajstić information content (AvgIpc) is 2.38. The Morgan fingerprint density at radius 2 is 2.21 bits per heavy atom. The molecule has 7 nitrogen and oxygen atoms in total. The number of piperidine rings is 1. The molecule has 0 aliphatic carbocycles. The van der Waals surface area contributed by atoms with Gasteiger partial charge in [-0.3, -0.25) is 0 Å². The Labute approximate surface area is 112 Å². The van der Waals surface area contributed by atoms with E-state index < -0.39 is 12.1 Å². The lowest BCUT2D eigenvalue weighted by Gasteiger charge is -2.39. The molecule has 0 aromatic heterocycles. The van der Waals surface area contributed by atoms with E-state index >= 15 is 0 Å². The molecular formula is C12H22N2O5. The van der Waals surface area contributed by atoms with E-state index in [1.807, 2.05) is 6.92 Å². The number of amides is 2. The number of nitrogens with zero attached hydrogens (tertiary/aromatic N) is 1. The van der Waals surface area contributed by atoms with Gasteiger partial charge in [0, 0.05) is 26.6 Å². The van der Waals surface area contributed by atoms with Gasteiger partial charge in [0.2, 0.25) is 0 Å². The second-order valence-corrected chi connectivity index (χ2v) is 5.05. The summed E-state index contributed by atoms with van der Waals surface area (Å²) in [6, 6.07) is -0.249. The molecule has 1 saturated heterocycles. The molecule has 0 saturated carbocycles. The number of methoxy groups -OCH3 is 1. The van der Waals surface area contributed by atoms with Gasteiger partial charge in [-0.2, -0.15) is 0 Å². The van der Waals surface area contributed by atoms with E-state index in [9.17, 15) is 9.59 Å². The fourth-order valence-corrected chi connectivity index (χ4v) is 2.10. The number of carbonyl (C=O) groups excluding carboxylic acids is 1. The molecule has 1 aliphatic rings. The Morgan fingerprint density at radius 3 is 2.79 bits per heavy atom. The Bertz CT molecular complexity index is 336. The van der Waals surface area contributed by atoms with Crippen molar-refractivity contribution < 1.29 is 24.5 Å². The van der Waals surface area contributed by atoms with Crippen molar-refractivity contribution in [3.05, 3.63) is 0 Å². The maximum Gasteiger partial charge on any atom is 0.332 e. The topological polar surface area (TPSA) is 99.1 Å². The number of likely N-dealkylation sites (tertiary alicyclic amines) is 1. The van der Waals surface area contributed by atoms with Crippen molar-refractivity contribution in [1.29, 1.82) is 0 Å². The summed E-state index contributed by atoms with van der Waals surface area (Å²) in [7, 11) is 1.63. The van der Waals surface area contributed by atoms with Gasteiger partial charge in [0.25, 0.3) is 0 Å². The summed E-state index contributed by atoms with van der Waals surface area (Å²) in [6.45, 7) is 3.26. The van der Waals surface area contributed by atoms with Crippen molar-refractivity contribution in [1.82, 2.24) is 10.2 Å². The van der Waals surface area contributed by atoms with E-state index in [-0.39, 0.29) is 24.6 Å². The summed E-state index contributed by atoms with van der Waals surface area (Å²) in [6.07, 6.45) is 0.336. The highest BCUT2D eigenvalue weighted by molar-refractivity contribution is 5.75. The van der Waals surface area contributed by atoms with Gasteiger partial charge < -0.3 is 25.2 Å². The molecule has 0 aromatic carbocycles. The highest BCUT2D eigenvalue weighted by Gasteiger charge is 2.32. The molecule has 0 bridgehead atoms. The van der Waals surface area contributed by atoms with Crippen LogP contribution in [0.1, 0.15) is 26.2 Å². The minimum atomic E-state index is -1.44. The number of nitrogens with one attached hydrogen (secondary N) is 1. The Kier molecular flexibility index (Phi) is 5.56. The first-order chi connectivity index (χ1) is 8.88. The summed E-state index contributed by atoms with van der Waals surface area (Å²) in [5, 5.41) is 20.2. The zero-order chi connectivity index (χ0) is 14.5. The molecule has 0 aromatic rings. The van der Waals surface area contributed by atoms with Gasteiger partial charge >= 0.3 is 12.0 Å². The molecule has 110 valence electrons. The predicted octanol–water partition coefficient (Wildman–Crippen LogP) is 0.0325. The van der Waals surface area contributed by atoms with Crippen LogP contribution in [0.3, 0.4) is 0 Å². The number of aliphatic hydroxyl groups excluding tert-OH is 1. The van der Waals surface area contributed by atoms with E-state index in [1.54, 1.807) is 12.0 Å². The lowest BCUT2D eigenvalue weighted by molar-refractivity contribution is -0.146. The average molecular weight is 274 g/mol. The lowest BCUT2D eigenvalue weighted by Crippen LogP contribution is -2.52. The van der Waals surface area contributed by atoms with E-state index in [0.717, 1.165) is 12.8 Å². The fourth-order valence-electron chi connectivity index (χ4n) is 2.10. The number of carbonyl (C=O) groups is 2. The first kappa shape index (κ1) is 15.7. The van der Waals surface area contributed by atoms with Crippen LogP contribution in [-0.2, 0) is 9.53 Å². The third kappa shape index (κ3) is 4.68. The number of hydrogen-bond donors (Lipinski definition) is 3. The van der Waals surface area contributed by atoms with Crippen LogP contribution in [0.2, 0.25) is 0 Å². The highest BCUT2D eigenvalue weighted by Crippen LogP contribution is 2.23. The summed E-state index contributed by atoms with van der Waals surface area (Å²) in [5.41, 5.74) is -0.323. The van der Waals surface area contributed by atoms with Gasteiger partial charge in [-0.25, -0.2) is 9.59 Å². The molecule has 2 atom stereocenters. The zero-order valence-corrected chi connectivity index (χ0v) is 11.4. The third-order valence-electron chi connectivity index (χ3n) is 3.42. The number of carboxylic acid groups (broad SMARTS) is 1. The van der Waals surface area contributed by atoms with E-state index in [4.69, 9.17) is 14.9 Å². The predicted molar refractivity (Wildman–Crippen MR) is 67.9 cm³/mol. The van der Waals surface area contributed by atoms with Crippen molar-refractivity contribution in [2.24, 2.45) is 0 Å². The largest absolute Gasteiger partial charge is 0.479 e. The van der Waals surface area contributed by atoms with Crippen LogP contribution in [0, 0.1) is 0 Å². The van der Waals surface area contributed by atoms with Crippen molar-refractivity contribution in [2.75, 3.05) is 26.7 Å². The zero-order valence-electron chi connectivity index (χ0n) is 11.4. The van der Waals surface area contributed by atoms with Crippen molar-refractivity contribution >= 4 is 12.0 Å². The quantitative estimate of drug-likeness (QED) is 0.657. The fraction of sp³-hybridized carbons (Fsp3) is 0.833. The number of carboxylic acids is 1. The molecule has 2 unspecified atom stereocenters. The molecule has 0 radical (unpaired) electrons. The van der Waals surface area contributed by atoms with Crippen LogP contribution in [0.25, 0.3) is 0 Å². The SMILES string of the molecule is COC1(C)CCCN(C(=O)NCCC(O)C(=O)O)C1. The van der Waals surface area contributed by atoms with Crippen LogP contribution in [0.5, 0.6) is 0 Å². The summed E-state index contributed by atoms with van der Waals surface area (Å²) in [4.78, 5) is 23.9. The van der Waals surface area contributed by atoms with E-state index in [2.05, 4.69) is 5.32 Å². The van der Waals surface area contributed by atoms with E-state index in [1.165, 1.54) is 0 Å². The van der Waals surface area contributed by atoms with Crippen molar-refractivity contribution in [3.8, 4) is 0 Å². The molecule has 19 heavy (non-hydrogen) atoms. The highest BCUT2D eigenvalue weighted by atomic mass is 16.5. The van der Waals surface area contributed by atoms with Gasteiger partial charge in [-0.05, 0) is 19.8 Å². The standard InChI is InChI=1S/C12H22N2O5/c1-12(19-2)5-3-7-14(8-12)11(18)13-6-4-9(15)10(16)17/h9,15H,3-8H2,1-2H3,(H,13,18)(H,16,17). The minimum Gasteiger partial charge on any atom is -0.479 e. The number of urea groups is 1. The van der Waals surface area contributed by atoms with Crippen LogP contribution >= 0.6 is 0 Å². The third-order valence-corrected chi connectivity index (χ3v) is 3.42. The van der Waals surface area contributed by atoms with Gasteiger partial charge in [0.15, 0.2) is 6.10 Å². The molecule has 7 heteroatoms. The summed E-state index contributed by atoms with van der Waals surface area (Å²) >= 11 is 0. The van der Waals surface area contributed by atoms with Crippen LogP contribution in [-0.4, -0.2) is 65.6 Å². The summed E-state index contributed by atoms with van der Waals surface area (Å²) < 4.78 is 5.39. The first-order valence-corrected chi connectivity index (χ1v) is 6.37. The van der Waals surface area contributed by atoms with Gasteiger partial charge in [-0.1, -0.05) is 0 Å². The van der Waals surface area contributed by atoms with Gasteiger partial charge in [0.1, 0.15) is 0 Å². The first-order valence-electron chi connectivity index (χ1n) is 6.37. The van der Waals surface area contributed by atoms with Crippen LogP contribution in [0.15, 0.2) is 0 Å². The minimum absolute atomic E-state index is 0.00351. The van der Waals surface area contributed by atoms with Crippen LogP contribution < -0.4 is 5.32 Å². The number of hydrogen-bond acceptors (Lipinski definition) is 4. The second kappa shape index (κ2) is 6.72. The number of rotatable bonds is 5. The molecule has 1 rings (SSSR count). The Balaban J connectivity index is 2.35. The van der Waals surface area contributed by atoms with Gasteiger partial charge in [0.05, 0.1) is 12.1 Å². The molecular weight excluding hydrogens is 252 g/mol. The Hall–Kier alpha value is -1.34. The maximum absolute atomic E-state index is 11.9.